The molecule has 0 fully saturated rings. The molecule has 0 aliphatic heterocycles. The Bertz CT molecular complexity index is 4930. The lowest BCUT2D eigenvalue weighted by Crippen LogP contribution is -2.14. The van der Waals surface area contributed by atoms with E-state index in [-0.39, 0.29) is 54.3 Å². The lowest BCUT2D eigenvalue weighted by molar-refractivity contribution is -0.116. The lowest BCUT2D eigenvalue weighted by Gasteiger charge is -2.04. The maximum atomic E-state index is 13.6. The van der Waals surface area contributed by atoms with Crippen molar-refractivity contribution < 1.29 is 28.0 Å². The fourth-order valence-corrected chi connectivity index (χ4v) is 13.5. The molecule has 16 nitrogen and oxygen atoms in total. The minimum Gasteiger partial charge on any atom is -0.316 e. The van der Waals surface area contributed by atoms with Crippen LogP contribution in [0.3, 0.4) is 0 Å². The molecule has 0 unspecified atom stereocenters. The van der Waals surface area contributed by atoms with Crippen LogP contribution in [-0.4, -0.2) is 43.6 Å². The number of amides is 4. The molecular formula is C73H50Cl2F2N12O4S4. The van der Waals surface area contributed by atoms with Crippen molar-refractivity contribution in [1.29, 1.82) is 21.0 Å². The van der Waals surface area contributed by atoms with Crippen molar-refractivity contribution in [3.63, 3.8) is 0 Å². The van der Waals surface area contributed by atoms with Crippen LogP contribution in [-0.2, 0) is 44.9 Å². The Labute approximate surface area is 582 Å². The van der Waals surface area contributed by atoms with Gasteiger partial charge in [-0.3, -0.25) is 39.1 Å². The van der Waals surface area contributed by atoms with Crippen LogP contribution in [0.4, 0.5) is 28.8 Å². The Morgan fingerprint density at radius 2 is 0.732 bits per heavy atom. The van der Waals surface area contributed by atoms with E-state index in [1.165, 1.54) is 69.6 Å². The van der Waals surface area contributed by atoms with Crippen LogP contribution in [0.1, 0.15) is 50.1 Å². The number of nitrogens with zero attached hydrogens (tertiary/aromatic N) is 8. The number of carbonyl (C=O) groups excluding carboxylic acids is 4. The van der Waals surface area contributed by atoms with Gasteiger partial charge in [-0.25, -0.2) is 8.78 Å². The van der Waals surface area contributed by atoms with Gasteiger partial charge >= 0.3 is 0 Å². The number of pyridine rings is 4. The van der Waals surface area contributed by atoms with Gasteiger partial charge in [0.15, 0.2) is 0 Å². The standard InChI is InChI=1S/C19H15N3OS.C18H11ClFN3OS.C18H12ClN3OS.C18H12FN3OS/c1-13-2-4-14(5-3-13)10-18(23)22-19-16(12-20)11-17(24-19)15-6-8-21-9-7-15;19-14-7-11(1-2-15(14)20)8-17(24)23-18-13(10-21)9-16(25-18)12-3-5-22-6-4-12;19-15-3-1-2-12(8-15)9-17(23)22-18-14(11-20)10-16(24-18)13-4-6-21-7-5-13;19-15-4-2-1-3-13(15)10-17(23)22-18-14(11-20)9-16(24-18)12-5-7-21-8-6-12/h2-9,11H,10H2,1H3,(H,22,23);1-7,9H,8H2,(H,23,24);1-8,10H,9H2,(H,22,23);1-9H,10H2,(H,22,23). The van der Waals surface area contributed by atoms with Crippen LogP contribution < -0.4 is 21.3 Å². The first-order chi connectivity index (χ1) is 47.0. The van der Waals surface area contributed by atoms with E-state index >= 15 is 0 Å². The van der Waals surface area contributed by atoms with E-state index in [2.05, 4.69) is 65.5 Å². The van der Waals surface area contributed by atoms with E-state index < -0.39 is 11.6 Å². The molecule has 0 spiro atoms. The Morgan fingerprint density at radius 1 is 0.392 bits per heavy atom. The number of nitrogens with one attached hydrogen (secondary N) is 4. The van der Waals surface area contributed by atoms with Gasteiger partial charge in [-0.2, -0.15) is 21.0 Å². The van der Waals surface area contributed by atoms with Gasteiger partial charge < -0.3 is 21.3 Å². The zero-order valence-corrected chi connectivity index (χ0v) is 55.7. The van der Waals surface area contributed by atoms with Gasteiger partial charge in [-0.15, -0.1) is 45.3 Å². The number of benzene rings is 4. The number of hydrogen-bond donors (Lipinski definition) is 4. The van der Waals surface area contributed by atoms with Crippen molar-refractivity contribution in [2.45, 2.75) is 32.6 Å². The minimum absolute atomic E-state index is 0.0286. The monoisotopic (exact) mass is 1390 g/mol. The summed E-state index contributed by atoms with van der Waals surface area (Å²) in [6.45, 7) is 2.01. The quantitative estimate of drug-likeness (QED) is 0.0704. The van der Waals surface area contributed by atoms with Crippen LogP contribution in [0.25, 0.3) is 41.8 Å². The van der Waals surface area contributed by atoms with Crippen LogP contribution >= 0.6 is 68.5 Å². The smallest absolute Gasteiger partial charge is 0.229 e. The SMILES string of the molecule is Cc1ccc(CC(=O)Nc2sc(-c3ccncc3)cc2C#N)cc1.N#Cc1cc(-c2ccncc2)sc1NC(=O)Cc1ccc(F)c(Cl)c1.N#Cc1cc(-c2ccncc2)sc1NC(=O)Cc1cccc(Cl)c1.N#Cc1cc(-c2ccncc2)sc1NC(=O)Cc1ccccc1F. The molecule has 0 aliphatic carbocycles. The molecule has 4 N–H and O–H groups in total. The van der Waals surface area contributed by atoms with Crippen LogP contribution in [0, 0.1) is 63.9 Å². The predicted octanol–water partition coefficient (Wildman–Crippen LogP) is 17.3. The summed E-state index contributed by atoms with van der Waals surface area (Å²) < 4.78 is 26.8. The average Bonchev–Trinajstić information content (AvgIpc) is 1.73. The summed E-state index contributed by atoms with van der Waals surface area (Å²) in [5, 5.41) is 50.9. The number of anilines is 4. The number of aromatic nitrogens is 4. The minimum atomic E-state index is -0.530. The van der Waals surface area contributed by atoms with E-state index in [4.69, 9.17) is 23.2 Å². The predicted molar refractivity (Wildman–Crippen MR) is 379 cm³/mol. The van der Waals surface area contributed by atoms with Crippen molar-refractivity contribution in [3.8, 4) is 66.0 Å². The molecule has 0 aliphatic rings. The molecule has 24 heteroatoms. The van der Waals surface area contributed by atoms with Crippen molar-refractivity contribution in [2.75, 3.05) is 21.3 Å². The van der Waals surface area contributed by atoms with E-state index in [1.54, 1.807) is 110 Å². The second-order valence-corrected chi connectivity index (χ2v) is 25.7. The van der Waals surface area contributed by atoms with Gasteiger partial charge in [0.2, 0.25) is 23.6 Å². The van der Waals surface area contributed by atoms with Crippen molar-refractivity contribution >= 4 is 112 Å². The summed E-state index contributed by atoms with van der Waals surface area (Å²) >= 11 is 17.0. The fourth-order valence-electron chi connectivity index (χ4n) is 8.96. The van der Waals surface area contributed by atoms with Crippen molar-refractivity contribution in [1.82, 2.24) is 19.9 Å². The first kappa shape index (κ1) is 69.9. The van der Waals surface area contributed by atoms with Crippen molar-refractivity contribution in [2.24, 2.45) is 0 Å². The molecule has 0 saturated heterocycles. The normalized spacial score (nSPS) is 10.2. The highest BCUT2D eigenvalue weighted by atomic mass is 35.5. The summed E-state index contributed by atoms with van der Waals surface area (Å²) in [5.74, 6) is -1.92. The van der Waals surface area contributed by atoms with Gasteiger partial charge in [-0.05, 0) is 155 Å². The molecule has 0 saturated carbocycles. The lowest BCUT2D eigenvalue weighted by atomic mass is 10.1. The van der Waals surface area contributed by atoms with Crippen molar-refractivity contribution in [3.05, 3.63) is 285 Å². The summed E-state index contributed by atoms with van der Waals surface area (Å²) in [6, 6.07) is 55.5. The molecule has 0 bridgehead atoms. The zero-order valence-electron chi connectivity index (χ0n) is 50.9. The number of hydrogen-bond acceptors (Lipinski definition) is 16. The van der Waals surface area contributed by atoms with E-state index in [0.717, 1.165) is 58.5 Å². The Balaban J connectivity index is 0.000000152. The number of halogens is 4. The molecule has 97 heavy (non-hydrogen) atoms. The summed E-state index contributed by atoms with van der Waals surface area (Å²) in [7, 11) is 0. The van der Waals surface area contributed by atoms with E-state index in [1.807, 2.05) is 85.8 Å². The van der Waals surface area contributed by atoms with E-state index in [9.17, 15) is 49.0 Å². The summed E-state index contributed by atoms with van der Waals surface area (Å²) in [5.41, 5.74) is 9.31. The molecule has 4 amide bonds. The first-order valence-electron chi connectivity index (χ1n) is 29.0. The number of thiophene rings is 4. The van der Waals surface area contributed by atoms with Gasteiger partial charge in [0.05, 0.1) is 53.0 Å². The van der Waals surface area contributed by atoms with Gasteiger partial charge in [0.25, 0.3) is 0 Å². The molecular weight excluding hydrogens is 1350 g/mol. The van der Waals surface area contributed by atoms with Crippen LogP contribution in [0.2, 0.25) is 10.0 Å². The fraction of sp³-hybridized carbons (Fsp3) is 0.0685. The molecule has 8 aromatic heterocycles. The van der Waals surface area contributed by atoms with Gasteiger partial charge in [-0.1, -0.05) is 89.4 Å². The third-order valence-electron chi connectivity index (χ3n) is 13.7. The Morgan fingerprint density at radius 3 is 1.08 bits per heavy atom. The number of carbonyl (C=O) groups is 4. The second-order valence-electron chi connectivity index (χ2n) is 20.7. The van der Waals surface area contributed by atoms with E-state index in [0.29, 0.717) is 58.4 Å². The largest absolute Gasteiger partial charge is 0.316 e. The van der Waals surface area contributed by atoms with Gasteiger partial charge in [0.1, 0.15) is 55.9 Å². The Hall–Kier alpha value is -11.4. The second kappa shape index (κ2) is 34.6. The maximum absolute atomic E-state index is 13.6. The molecule has 12 rings (SSSR count). The average molecular weight is 1400 g/mol. The third-order valence-corrected chi connectivity index (χ3v) is 18.6. The maximum Gasteiger partial charge on any atom is 0.229 e. The highest BCUT2D eigenvalue weighted by molar-refractivity contribution is 7.21. The van der Waals surface area contributed by atoms with Crippen LogP contribution in [0.5, 0.6) is 0 Å². The molecule has 12 aromatic rings. The number of nitriles is 4. The highest BCUT2D eigenvalue weighted by Gasteiger charge is 2.19. The molecule has 0 atom stereocenters. The van der Waals surface area contributed by atoms with Gasteiger partial charge in [0, 0.05) is 74.1 Å². The number of rotatable bonds is 16. The molecule has 478 valence electrons. The third kappa shape index (κ3) is 20.3. The molecule has 0 radical (unpaired) electrons. The Kier molecular flexibility index (Phi) is 25.0. The summed E-state index contributed by atoms with van der Waals surface area (Å²) in [4.78, 5) is 68.3. The zero-order chi connectivity index (χ0) is 68.6. The topological polar surface area (TPSA) is 263 Å². The summed E-state index contributed by atoms with van der Waals surface area (Å²) in [6.07, 6.45) is 13.9. The highest BCUT2D eigenvalue weighted by Crippen LogP contribution is 2.39. The molecule has 8 heterocycles. The number of aryl methyl sites for hydroxylation is 1. The van der Waals surface area contributed by atoms with Crippen LogP contribution in [0.15, 0.2) is 213 Å². The molecule has 4 aromatic carbocycles. The first-order valence-corrected chi connectivity index (χ1v) is 33.0.